The van der Waals surface area contributed by atoms with Crippen molar-refractivity contribution < 1.29 is 14.8 Å². The van der Waals surface area contributed by atoms with Crippen LogP contribution in [0.2, 0.25) is 5.02 Å². The fourth-order valence-corrected chi connectivity index (χ4v) is 1.56. The van der Waals surface area contributed by atoms with E-state index in [1.54, 1.807) is 0 Å². The lowest BCUT2D eigenvalue weighted by atomic mass is 10.1. The number of benzene rings is 1. The minimum Gasteiger partial charge on any atom is -0.396 e. The van der Waals surface area contributed by atoms with Crippen LogP contribution in [0.3, 0.4) is 0 Å². The highest BCUT2D eigenvalue weighted by molar-refractivity contribution is 6.31. The van der Waals surface area contributed by atoms with Gasteiger partial charge in [-0.2, -0.15) is 0 Å². The highest BCUT2D eigenvalue weighted by Crippen LogP contribution is 2.22. The number of nitro groups is 1. The summed E-state index contributed by atoms with van der Waals surface area (Å²) in [6.07, 6.45) is 1.18. The Morgan fingerprint density at radius 2 is 2.17 bits per heavy atom. The van der Waals surface area contributed by atoms with Gasteiger partial charge in [0.2, 0.25) is 0 Å². The lowest BCUT2D eigenvalue weighted by molar-refractivity contribution is -0.385. The van der Waals surface area contributed by atoms with Gasteiger partial charge < -0.3 is 10.4 Å². The first-order valence-corrected chi connectivity index (χ1v) is 5.77. The maximum atomic E-state index is 11.7. The topological polar surface area (TPSA) is 92.5 Å². The Labute approximate surface area is 109 Å². The van der Waals surface area contributed by atoms with Gasteiger partial charge in [0, 0.05) is 24.2 Å². The minimum atomic E-state index is -0.626. The van der Waals surface area contributed by atoms with Gasteiger partial charge in [0.25, 0.3) is 11.6 Å². The monoisotopic (exact) mass is 272 g/mol. The van der Waals surface area contributed by atoms with E-state index in [-0.39, 0.29) is 22.9 Å². The molecule has 0 spiro atoms. The third-order valence-corrected chi connectivity index (χ3v) is 2.51. The van der Waals surface area contributed by atoms with Gasteiger partial charge in [-0.05, 0) is 25.0 Å². The van der Waals surface area contributed by atoms with Crippen molar-refractivity contribution in [3.05, 3.63) is 38.9 Å². The van der Waals surface area contributed by atoms with E-state index >= 15 is 0 Å². The van der Waals surface area contributed by atoms with Crippen molar-refractivity contribution in [1.82, 2.24) is 5.32 Å². The summed E-state index contributed by atoms with van der Waals surface area (Å²) in [6.45, 7) is 0.399. The molecule has 0 aliphatic heterocycles. The van der Waals surface area contributed by atoms with Crippen LogP contribution in [0.1, 0.15) is 23.2 Å². The summed E-state index contributed by atoms with van der Waals surface area (Å²) in [5.74, 6) is -0.540. The number of nitrogens with one attached hydrogen (secondary N) is 1. The van der Waals surface area contributed by atoms with Gasteiger partial charge in [0.1, 0.15) is 5.56 Å². The van der Waals surface area contributed by atoms with E-state index < -0.39 is 10.8 Å². The number of hydrogen-bond acceptors (Lipinski definition) is 4. The van der Waals surface area contributed by atoms with E-state index in [2.05, 4.69) is 5.32 Å². The number of rotatable bonds is 6. The largest absolute Gasteiger partial charge is 0.396 e. The van der Waals surface area contributed by atoms with Crippen molar-refractivity contribution in [2.45, 2.75) is 12.8 Å². The van der Waals surface area contributed by atoms with E-state index in [0.717, 1.165) is 0 Å². The highest BCUT2D eigenvalue weighted by Gasteiger charge is 2.19. The number of halogens is 1. The molecule has 0 unspecified atom stereocenters. The number of amides is 1. The Morgan fingerprint density at radius 1 is 1.44 bits per heavy atom. The van der Waals surface area contributed by atoms with E-state index in [1.165, 1.54) is 18.2 Å². The second-order valence-electron chi connectivity index (χ2n) is 3.61. The first-order valence-electron chi connectivity index (χ1n) is 5.39. The number of carbonyl (C=O) groups excluding carboxylic acids is 1. The number of hydrogen-bond donors (Lipinski definition) is 2. The van der Waals surface area contributed by atoms with Gasteiger partial charge >= 0.3 is 0 Å². The maximum Gasteiger partial charge on any atom is 0.282 e. The molecule has 0 bridgehead atoms. The summed E-state index contributed by atoms with van der Waals surface area (Å²) in [5, 5.41) is 22.2. The molecule has 0 fully saturated rings. The van der Waals surface area contributed by atoms with Crippen LogP contribution in [0.4, 0.5) is 5.69 Å². The molecule has 0 saturated heterocycles. The van der Waals surface area contributed by atoms with Crippen LogP contribution in [0.15, 0.2) is 18.2 Å². The molecule has 0 saturated carbocycles. The van der Waals surface area contributed by atoms with Crippen LogP contribution in [-0.4, -0.2) is 29.1 Å². The standard InChI is InChI=1S/C11H13ClN2O4/c12-8-3-4-10(14(17)18)9(7-8)11(16)13-5-1-2-6-15/h3-4,7,15H,1-2,5-6H2,(H,13,16). The number of nitrogens with zero attached hydrogens (tertiary/aromatic N) is 1. The van der Waals surface area contributed by atoms with Crippen molar-refractivity contribution in [2.24, 2.45) is 0 Å². The smallest absolute Gasteiger partial charge is 0.282 e. The summed E-state index contributed by atoms with van der Waals surface area (Å²) in [4.78, 5) is 21.9. The van der Waals surface area contributed by atoms with Gasteiger partial charge in [-0.3, -0.25) is 14.9 Å². The minimum absolute atomic E-state index is 0.0488. The van der Waals surface area contributed by atoms with Crippen molar-refractivity contribution in [3.8, 4) is 0 Å². The number of aliphatic hydroxyl groups excluding tert-OH is 1. The molecular formula is C11H13ClN2O4. The molecule has 0 aliphatic rings. The van der Waals surface area contributed by atoms with Crippen LogP contribution in [0, 0.1) is 10.1 Å². The molecule has 18 heavy (non-hydrogen) atoms. The Hall–Kier alpha value is -1.66. The van der Waals surface area contributed by atoms with E-state index in [0.29, 0.717) is 19.4 Å². The van der Waals surface area contributed by atoms with Crippen molar-refractivity contribution in [1.29, 1.82) is 0 Å². The molecule has 7 heteroatoms. The van der Waals surface area contributed by atoms with Crippen LogP contribution < -0.4 is 5.32 Å². The van der Waals surface area contributed by atoms with Gasteiger partial charge in [0.05, 0.1) is 4.92 Å². The molecule has 0 atom stereocenters. The number of nitro benzene ring substituents is 1. The highest BCUT2D eigenvalue weighted by atomic mass is 35.5. The van der Waals surface area contributed by atoms with Crippen LogP contribution >= 0.6 is 11.6 Å². The molecule has 2 N–H and O–H groups in total. The Morgan fingerprint density at radius 3 is 2.78 bits per heavy atom. The zero-order chi connectivity index (χ0) is 13.5. The zero-order valence-corrected chi connectivity index (χ0v) is 10.3. The fourth-order valence-electron chi connectivity index (χ4n) is 1.38. The average Bonchev–Trinajstić information content (AvgIpc) is 2.34. The summed E-state index contributed by atoms with van der Waals surface area (Å²) in [7, 11) is 0. The van der Waals surface area contributed by atoms with Crippen molar-refractivity contribution in [3.63, 3.8) is 0 Å². The van der Waals surface area contributed by atoms with E-state index in [4.69, 9.17) is 16.7 Å². The second-order valence-corrected chi connectivity index (χ2v) is 4.04. The molecule has 1 amide bonds. The Kier molecular flexibility index (Phi) is 5.54. The maximum absolute atomic E-state index is 11.7. The summed E-state index contributed by atoms with van der Waals surface area (Å²) in [5.41, 5.74) is -0.337. The van der Waals surface area contributed by atoms with Crippen LogP contribution in [-0.2, 0) is 0 Å². The lowest BCUT2D eigenvalue weighted by Gasteiger charge is -2.05. The SMILES string of the molecule is O=C(NCCCCO)c1cc(Cl)ccc1[N+](=O)[O-]. The summed E-state index contributed by atoms with van der Waals surface area (Å²) in [6, 6.07) is 3.83. The summed E-state index contributed by atoms with van der Waals surface area (Å²) < 4.78 is 0. The Balaban J connectivity index is 2.77. The first kappa shape index (κ1) is 14.4. The fraction of sp³-hybridized carbons (Fsp3) is 0.364. The van der Waals surface area contributed by atoms with E-state index in [1.807, 2.05) is 0 Å². The third-order valence-electron chi connectivity index (χ3n) is 2.27. The number of carbonyl (C=O) groups is 1. The molecule has 0 radical (unpaired) electrons. The Bertz CT molecular complexity index is 451. The first-order chi connectivity index (χ1) is 8.56. The molecule has 6 nitrogen and oxygen atoms in total. The third kappa shape index (κ3) is 3.97. The quantitative estimate of drug-likeness (QED) is 0.469. The average molecular weight is 273 g/mol. The van der Waals surface area contributed by atoms with Gasteiger partial charge in [-0.1, -0.05) is 11.6 Å². The predicted molar refractivity (Wildman–Crippen MR) is 66.8 cm³/mol. The van der Waals surface area contributed by atoms with Crippen LogP contribution in [0.25, 0.3) is 0 Å². The van der Waals surface area contributed by atoms with E-state index in [9.17, 15) is 14.9 Å². The second kappa shape index (κ2) is 6.93. The molecular weight excluding hydrogens is 260 g/mol. The van der Waals surface area contributed by atoms with Gasteiger partial charge in [-0.15, -0.1) is 0 Å². The molecule has 0 heterocycles. The zero-order valence-electron chi connectivity index (χ0n) is 9.56. The predicted octanol–water partition coefficient (Wildman–Crippen LogP) is 1.75. The van der Waals surface area contributed by atoms with Gasteiger partial charge in [0.15, 0.2) is 0 Å². The molecule has 1 rings (SSSR count). The number of aliphatic hydroxyl groups is 1. The normalized spacial score (nSPS) is 10.1. The summed E-state index contributed by atoms with van der Waals surface area (Å²) >= 11 is 5.71. The molecule has 1 aromatic rings. The molecule has 0 aromatic heterocycles. The van der Waals surface area contributed by atoms with Gasteiger partial charge in [-0.25, -0.2) is 0 Å². The lowest BCUT2D eigenvalue weighted by Crippen LogP contribution is -2.25. The van der Waals surface area contributed by atoms with Crippen LogP contribution in [0.5, 0.6) is 0 Å². The molecule has 1 aromatic carbocycles. The number of unbranched alkanes of at least 4 members (excludes halogenated alkanes) is 1. The van der Waals surface area contributed by atoms with Crippen molar-refractivity contribution >= 4 is 23.2 Å². The van der Waals surface area contributed by atoms with Crippen molar-refractivity contribution in [2.75, 3.05) is 13.2 Å². The molecule has 98 valence electrons. The molecule has 0 aliphatic carbocycles.